The quantitative estimate of drug-likeness (QED) is 0.846. The molecule has 0 bridgehead atoms. The van der Waals surface area contributed by atoms with Gasteiger partial charge in [0.25, 0.3) is 0 Å². The van der Waals surface area contributed by atoms with Crippen LogP contribution in [0.15, 0.2) is 16.8 Å². The Morgan fingerprint density at radius 2 is 2.32 bits per heavy atom. The second-order valence-corrected chi connectivity index (χ2v) is 6.15. The molecule has 0 N–H and O–H groups in total. The third-order valence-corrected chi connectivity index (χ3v) is 4.24. The van der Waals surface area contributed by atoms with Gasteiger partial charge in [0.05, 0.1) is 5.92 Å². The topological polar surface area (TPSA) is 40.6 Å². The fourth-order valence-corrected chi connectivity index (χ4v) is 3.10. The molecule has 2 amide bonds. The lowest BCUT2D eigenvalue weighted by Gasteiger charge is -2.23. The van der Waals surface area contributed by atoms with Crippen LogP contribution >= 0.6 is 11.3 Å². The second kappa shape index (κ2) is 5.74. The highest BCUT2D eigenvalue weighted by Crippen LogP contribution is 2.22. The monoisotopic (exact) mass is 280 g/mol. The number of hydrogen-bond acceptors (Lipinski definition) is 3. The van der Waals surface area contributed by atoms with Crippen molar-refractivity contribution in [1.82, 2.24) is 9.80 Å². The van der Waals surface area contributed by atoms with E-state index in [0.29, 0.717) is 19.5 Å². The molecule has 0 aliphatic carbocycles. The Bertz CT molecular complexity index is 456. The minimum Gasteiger partial charge on any atom is -0.341 e. The van der Waals surface area contributed by atoms with Gasteiger partial charge in [-0.1, -0.05) is 0 Å². The summed E-state index contributed by atoms with van der Waals surface area (Å²) in [5.74, 6) is -0.0153. The van der Waals surface area contributed by atoms with Gasteiger partial charge in [0.2, 0.25) is 11.8 Å². The SMILES string of the molecule is CC(C)N1CC(C(=O)N(C)Cc2ccsc2)CC1=O. The van der Waals surface area contributed by atoms with Crippen molar-refractivity contribution in [2.45, 2.75) is 32.9 Å². The Balaban J connectivity index is 1.95. The van der Waals surface area contributed by atoms with E-state index in [0.717, 1.165) is 5.56 Å². The van der Waals surface area contributed by atoms with Crippen molar-refractivity contribution in [3.63, 3.8) is 0 Å². The van der Waals surface area contributed by atoms with Crippen LogP contribution in [0.3, 0.4) is 0 Å². The van der Waals surface area contributed by atoms with Gasteiger partial charge in [-0.15, -0.1) is 0 Å². The molecule has 1 aromatic heterocycles. The number of rotatable bonds is 4. The van der Waals surface area contributed by atoms with E-state index in [1.165, 1.54) is 0 Å². The number of thiophene rings is 1. The minimum absolute atomic E-state index is 0.0719. The van der Waals surface area contributed by atoms with Crippen molar-refractivity contribution in [3.05, 3.63) is 22.4 Å². The zero-order valence-electron chi connectivity index (χ0n) is 11.6. The third-order valence-electron chi connectivity index (χ3n) is 3.51. The molecule has 2 heterocycles. The molecule has 1 aromatic rings. The summed E-state index contributed by atoms with van der Waals surface area (Å²) in [5, 5.41) is 4.05. The number of nitrogens with zero attached hydrogens (tertiary/aromatic N) is 2. The highest BCUT2D eigenvalue weighted by atomic mass is 32.1. The summed E-state index contributed by atoms with van der Waals surface area (Å²) >= 11 is 1.63. The van der Waals surface area contributed by atoms with E-state index < -0.39 is 0 Å². The van der Waals surface area contributed by atoms with Crippen LogP contribution in [0.1, 0.15) is 25.8 Å². The molecule has 19 heavy (non-hydrogen) atoms. The Hall–Kier alpha value is -1.36. The second-order valence-electron chi connectivity index (χ2n) is 5.37. The predicted octanol–water partition coefficient (Wildman–Crippen LogP) is 1.96. The molecule has 104 valence electrons. The van der Waals surface area contributed by atoms with Crippen molar-refractivity contribution in [2.75, 3.05) is 13.6 Å². The lowest BCUT2D eigenvalue weighted by molar-refractivity contribution is -0.135. The van der Waals surface area contributed by atoms with Crippen LogP contribution in [-0.2, 0) is 16.1 Å². The third kappa shape index (κ3) is 3.15. The van der Waals surface area contributed by atoms with Crippen molar-refractivity contribution in [3.8, 4) is 0 Å². The minimum atomic E-state index is -0.182. The fourth-order valence-electron chi connectivity index (χ4n) is 2.44. The highest BCUT2D eigenvalue weighted by Gasteiger charge is 2.36. The Labute approximate surface area is 118 Å². The molecule has 0 aromatic carbocycles. The molecule has 1 atom stereocenters. The normalized spacial score (nSPS) is 19.3. The van der Waals surface area contributed by atoms with E-state index in [1.807, 2.05) is 37.7 Å². The number of likely N-dealkylation sites (tertiary alicyclic amines) is 1. The lowest BCUT2D eigenvalue weighted by Crippen LogP contribution is -2.36. The molecule has 4 nitrogen and oxygen atoms in total. The average Bonchev–Trinajstić information content (AvgIpc) is 2.97. The summed E-state index contributed by atoms with van der Waals surface area (Å²) in [7, 11) is 1.81. The standard InChI is InChI=1S/C14H20N2O2S/c1-10(2)16-8-12(6-13(16)17)14(18)15(3)7-11-4-5-19-9-11/h4-5,9-10,12H,6-8H2,1-3H3. The summed E-state index contributed by atoms with van der Waals surface area (Å²) < 4.78 is 0. The Morgan fingerprint density at radius 1 is 1.58 bits per heavy atom. The van der Waals surface area contributed by atoms with Gasteiger partial charge in [-0.3, -0.25) is 9.59 Å². The van der Waals surface area contributed by atoms with Crippen molar-refractivity contribution >= 4 is 23.2 Å². The van der Waals surface area contributed by atoms with Gasteiger partial charge in [0.1, 0.15) is 0 Å². The number of carbonyl (C=O) groups excluding carboxylic acids is 2. The predicted molar refractivity (Wildman–Crippen MR) is 75.7 cm³/mol. The summed E-state index contributed by atoms with van der Waals surface area (Å²) in [6.45, 7) is 5.15. The summed E-state index contributed by atoms with van der Waals surface area (Å²) in [5.41, 5.74) is 1.14. The first-order valence-electron chi connectivity index (χ1n) is 6.54. The summed E-state index contributed by atoms with van der Waals surface area (Å²) in [6.07, 6.45) is 0.352. The Kier molecular flexibility index (Phi) is 4.24. The molecule has 1 saturated heterocycles. The van der Waals surface area contributed by atoms with Crippen LogP contribution in [0, 0.1) is 5.92 Å². The molecule has 0 saturated carbocycles. The van der Waals surface area contributed by atoms with Gasteiger partial charge in [-0.25, -0.2) is 0 Å². The van der Waals surface area contributed by atoms with E-state index >= 15 is 0 Å². The summed E-state index contributed by atoms with van der Waals surface area (Å²) in [6, 6.07) is 2.20. The zero-order chi connectivity index (χ0) is 14.0. The van der Waals surface area contributed by atoms with Gasteiger partial charge in [-0.05, 0) is 36.2 Å². The zero-order valence-corrected chi connectivity index (χ0v) is 12.4. The number of amides is 2. The van der Waals surface area contributed by atoms with Gasteiger partial charge in [-0.2, -0.15) is 11.3 Å². The van der Waals surface area contributed by atoms with Crippen LogP contribution in [-0.4, -0.2) is 41.2 Å². The molecular formula is C14H20N2O2S. The van der Waals surface area contributed by atoms with Crippen molar-refractivity contribution in [1.29, 1.82) is 0 Å². The molecule has 2 rings (SSSR count). The maximum Gasteiger partial charge on any atom is 0.228 e. The molecule has 5 heteroatoms. The van der Waals surface area contributed by atoms with Gasteiger partial charge < -0.3 is 9.80 Å². The first-order chi connectivity index (χ1) is 8.99. The van der Waals surface area contributed by atoms with Gasteiger partial charge >= 0.3 is 0 Å². The van der Waals surface area contributed by atoms with E-state index in [-0.39, 0.29) is 23.8 Å². The lowest BCUT2D eigenvalue weighted by atomic mass is 10.1. The first-order valence-corrected chi connectivity index (χ1v) is 7.49. The van der Waals surface area contributed by atoms with E-state index in [9.17, 15) is 9.59 Å². The highest BCUT2D eigenvalue weighted by molar-refractivity contribution is 7.07. The maximum absolute atomic E-state index is 12.3. The molecule has 1 aliphatic rings. The first kappa shape index (κ1) is 14.1. The smallest absolute Gasteiger partial charge is 0.228 e. The largest absolute Gasteiger partial charge is 0.341 e. The van der Waals surface area contributed by atoms with Gasteiger partial charge in [0.15, 0.2) is 0 Å². The molecule has 1 aliphatic heterocycles. The van der Waals surface area contributed by atoms with E-state index in [1.54, 1.807) is 21.1 Å². The van der Waals surface area contributed by atoms with Crippen LogP contribution in [0.25, 0.3) is 0 Å². The van der Waals surface area contributed by atoms with Crippen molar-refractivity contribution < 1.29 is 9.59 Å². The van der Waals surface area contributed by atoms with Crippen molar-refractivity contribution in [2.24, 2.45) is 5.92 Å². The molecule has 1 fully saturated rings. The van der Waals surface area contributed by atoms with Crippen LogP contribution < -0.4 is 0 Å². The molecule has 1 unspecified atom stereocenters. The number of hydrogen-bond donors (Lipinski definition) is 0. The van der Waals surface area contributed by atoms with Crippen LogP contribution in [0.2, 0.25) is 0 Å². The van der Waals surface area contributed by atoms with E-state index in [2.05, 4.69) is 0 Å². The maximum atomic E-state index is 12.3. The van der Waals surface area contributed by atoms with Crippen LogP contribution in [0.5, 0.6) is 0 Å². The fraction of sp³-hybridized carbons (Fsp3) is 0.571. The molecular weight excluding hydrogens is 260 g/mol. The average molecular weight is 280 g/mol. The molecule has 0 radical (unpaired) electrons. The van der Waals surface area contributed by atoms with Gasteiger partial charge in [0, 0.05) is 32.6 Å². The van der Waals surface area contributed by atoms with E-state index in [4.69, 9.17) is 0 Å². The molecule has 0 spiro atoms. The van der Waals surface area contributed by atoms with Crippen LogP contribution in [0.4, 0.5) is 0 Å². The Morgan fingerprint density at radius 3 is 2.84 bits per heavy atom. The summed E-state index contributed by atoms with van der Waals surface area (Å²) in [4.78, 5) is 27.7. The number of carbonyl (C=O) groups is 2.